The molecule has 0 bridgehead atoms. The van der Waals surface area contributed by atoms with Crippen LogP contribution < -0.4 is 5.73 Å². The summed E-state index contributed by atoms with van der Waals surface area (Å²) in [7, 11) is 1.88. The first-order chi connectivity index (χ1) is 9.19. The van der Waals surface area contributed by atoms with Gasteiger partial charge in [-0.2, -0.15) is 5.10 Å². The Hall–Kier alpha value is -1.77. The normalized spacial score (nSPS) is 10.1. The molecule has 2 aromatic rings. The SMILES string of the molecule is Cn1cc(SCc2ccc(F)cc2C#CCN)cn1. The van der Waals surface area contributed by atoms with Crippen LogP contribution >= 0.6 is 11.8 Å². The van der Waals surface area contributed by atoms with Gasteiger partial charge in [0.2, 0.25) is 0 Å². The van der Waals surface area contributed by atoms with Crippen LogP contribution in [0.25, 0.3) is 0 Å². The molecule has 1 aromatic carbocycles. The molecule has 0 saturated carbocycles. The van der Waals surface area contributed by atoms with Crippen LogP contribution in [0.5, 0.6) is 0 Å². The van der Waals surface area contributed by atoms with Crippen molar-refractivity contribution in [1.82, 2.24) is 9.78 Å². The zero-order chi connectivity index (χ0) is 13.7. The molecule has 1 aromatic heterocycles. The highest BCUT2D eigenvalue weighted by Gasteiger charge is 2.04. The third-order valence-corrected chi connectivity index (χ3v) is 3.47. The topological polar surface area (TPSA) is 43.8 Å². The second-order valence-corrected chi connectivity index (χ2v) is 4.99. The number of nitrogens with two attached hydrogens (primary N) is 1. The summed E-state index contributed by atoms with van der Waals surface area (Å²) in [6, 6.07) is 4.66. The van der Waals surface area contributed by atoms with E-state index in [0.717, 1.165) is 16.2 Å². The molecule has 0 atom stereocenters. The molecule has 0 aliphatic heterocycles. The van der Waals surface area contributed by atoms with Crippen LogP contribution in [0.1, 0.15) is 11.1 Å². The second-order valence-electron chi connectivity index (χ2n) is 3.95. The Kier molecular flexibility index (Phi) is 4.61. The minimum atomic E-state index is -0.281. The van der Waals surface area contributed by atoms with Gasteiger partial charge in [0, 0.05) is 29.5 Å². The fraction of sp³-hybridized carbons (Fsp3) is 0.214. The number of nitrogens with zero attached hydrogens (tertiary/aromatic N) is 2. The first-order valence-corrected chi connectivity index (χ1v) is 6.76. The van der Waals surface area contributed by atoms with Crippen molar-refractivity contribution in [1.29, 1.82) is 0 Å². The lowest BCUT2D eigenvalue weighted by atomic mass is 10.1. The molecule has 19 heavy (non-hydrogen) atoms. The van der Waals surface area contributed by atoms with Crippen molar-refractivity contribution in [2.24, 2.45) is 12.8 Å². The number of rotatable bonds is 3. The summed E-state index contributed by atoms with van der Waals surface area (Å²) in [6.07, 6.45) is 3.75. The van der Waals surface area contributed by atoms with Gasteiger partial charge >= 0.3 is 0 Å². The van der Waals surface area contributed by atoms with Gasteiger partial charge in [-0.3, -0.25) is 4.68 Å². The molecule has 0 aliphatic rings. The molecule has 0 fully saturated rings. The van der Waals surface area contributed by atoms with Crippen LogP contribution in [-0.2, 0) is 12.8 Å². The minimum absolute atomic E-state index is 0.270. The summed E-state index contributed by atoms with van der Waals surface area (Å²) in [5.41, 5.74) is 7.04. The lowest BCUT2D eigenvalue weighted by molar-refractivity contribution is 0.627. The highest BCUT2D eigenvalue weighted by Crippen LogP contribution is 2.24. The van der Waals surface area contributed by atoms with Gasteiger partial charge in [-0.25, -0.2) is 4.39 Å². The van der Waals surface area contributed by atoms with E-state index >= 15 is 0 Å². The monoisotopic (exact) mass is 275 g/mol. The summed E-state index contributed by atoms with van der Waals surface area (Å²) in [4.78, 5) is 1.07. The molecule has 0 amide bonds. The maximum absolute atomic E-state index is 13.2. The molecular formula is C14H14FN3S. The van der Waals surface area contributed by atoms with E-state index in [0.29, 0.717) is 5.56 Å². The second kappa shape index (κ2) is 6.41. The van der Waals surface area contributed by atoms with Gasteiger partial charge < -0.3 is 5.73 Å². The van der Waals surface area contributed by atoms with Crippen molar-refractivity contribution < 1.29 is 4.39 Å². The van der Waals surface area contributed by atoms with E-state index in [1.54, 1.807) is 28.7 Å². The molecule has 2 N–H and O–H groups in total. The summed E-state index contributed by atoms with van der Waals surface area (Å²) in [6.45, 7) is 0.270. The van der Waals surface area contributed by atoms with E-state index in [-0.39, 0.29) is 12.4 Å². The lowest BCUT2D eigenvalue weighted by Gasteiger charge is -2.03. The maximum atomic E-state index is 13.2. The van der Waals surface area contributed by atoms with E-state index in [2.05, 4.69) is 16.9 Å². The molecule has 1 heterocycles. The molecule has 98 valence electrons. The van der Waals surface area contributed by atoms with Crippen molar-refractivity contribution in [3.05, 3.63) is 47.5 Å². The van der Waals surface area contributed by atoms with Gasteiger partial charge in [0.05, 0.1) is 12.7 Å². The number of aryl methyl sites for hydroxylation is 1. The average molecular weight is 275 g/mol. The Morgan fingerprint density at radius 1 is 1.47 bits per heavy atom. The Labute approximate surface area is 116 Å². The van der Waals surface area contributed by atoms with Gasteiger partial charge in [0.25, 0.3) is 0 Å². The van der Waals surface area contributed by atoms with E-state index < -0.39 is 0 Å². The fourth-order valence-electron chi connectivity index (χ4n) is 1.57. The number of aromatic nitrogens is 2. The van der Waals surface area contributed by atoms with Crippen molar-refractivity contribution in [3.63, 3.8) is 0 Å². The Balaban J connectivity index is 2.15. The molecule has 0 spiro atoms. The maximum Gasteiger partial charge on any atom is 0.124 e. The zero-order valence-electron chi connectivity index (χ0n) is 10.6. The van der Waals surface area contributed by atoms with Crippen LogP contribution in [0.4, 0.5) is 4.39 Å². The first kappa shape index (κ1) is 13.7. The molecule has 0 saturated heterocycles. The quantitative estimate of drug-likeness (QED) is 0.689. The van der Waals surface area contributed by atoms with Crippen LogP contribution in [-0.4, -0.2) is 16.3 Å². The lowest BCUT2D eigenvalue weighted by Crippen LogP contribution is -1.94. The number of hydrogen-bond acceptors (Lipinski definition) is 3. The fourth-order valence-corrected chi connectivity index (χ4v) is 2.49. The van der Waals surface area contributed by atoms with E-state index in [1.165, 1.54) is 12.1 Å². The van der Waals surface area contributed by atoms with Crippen molar-refractivity contribution in [3.8, 4) is 11.8 Å². The smallest absolute Gasteiger partial charge is 0.124 e. The van der Waals surface area contributed by atoms with Gasteiger partial charge in [-0.05, 0) is 17.7 Å². The summed E-state index contributed by atoms with van der Waals surface area (Å²) in [5.74, 6) is 6.11. The third-order valence-electron chi connectivity index (χ3n) is 2.47. The third kappa shape index (κ3) is 3.85. The number of benzene rings is 1. The predicted molar refractivity (Wildman–Crippen MR) is 75.1 cm³/mol. The minimum Gasteiger partial charge on any atom is -0.320 e. The largest absolute Gasteiger partial charge is 0.320 e. The molecule has 0 radical (unpaired) electrons. The Morgan fingerprint density at radius 3 is 3.00 bits per heavy atom. The Bertz CT molecular complexity index is 625. The van der Waals surface area contributed by atoms with Gasteiger partial charge in [-0.1, -0.05) is 17.9 Å². The summed E-state index contributed by atoms with van der Waals surface area (Å²) in [5, 5.41) is 4.11. The molecule has 0 unspecified atom stereocenters. The van der Waals surface area contributed by atoms with Crippen molar-refractivity contribution in [2.45, 2.75) is 10.6 Å². The van der Waals surface area contributed by atoms with E-state index in [1.807, 2.05) is 13.2 Å². The van der Waals surface area contributed by atoms with E-state index in [9.17, 15) is 4.39 Å². The van der Waals surface area contributed by atoms with Crippen molar-refractivity contribution >= 4 is 11.8 Å². The zero-order valence-corrected chi connectivity index (χ0v) is 11.4. The van der Waals surface area contributed by atoms with Crippen LogP contribution in [0, 0.1) is 17.7 Å². The average Bonchev–Trinajstić information content (AvgIpc) is 2.81. The predicted octanol–water partition coefficient (Wildman–Crippen LogP) is 2.16. The number of halogens is 1. The standard InChI is InChI=1S/C14H14FN3S/c1-18-9-14(8-17-18)19-10-12-4-5-13(15)7-11(12)3-2-6-16/h4-5,7-9H,6,10,16H2,1H3. The van der Waals surface area contributed by atoms with Gasteiger partial charge in [-0.15, -0.1) is 11.8 Å². The van der Waals surface area contributed by atoms with E-state index in [4.69, 9.17) is 5.73 Å². The molecular weight excluding hydrogens is 261 g/mol. The molecule has 3 nitrogen and oxygen atoms in total. The molecule has 2 rings (SSSR count). The Morgan fingerprint density at radius 2 is 2.32 bits per heavy atom. The highest BCUT2D eigenvalue weighted by atomic mass is 32.2. The van der Waals surface area contributed by atoms with Crippen LogP contribution in [0.15, 0.2) is 35.5 Å². The molecule has 0 aliphatic carbocycles. The van der Waals surface area contributed by atoms with Crippen LogP contribution in [0.3, 0.4) is 0 Å². The van der Waals surface area contributed by atoms with Gasteiger partial charge in [0.1, 0.15) is 5.82 Å². The highest BCUT2D eigenvalue weighted by molar-refractivity contribution is 7.98. The number of thioether (sulfide) groups is 1. The van der Waals surface area contributed by atoms with Crippen LogP contribution in [0.2, 0.25) is 0 Å². The first-order valence-electron chi connectivity index (χ1n) is 5.78. The molecule has 5 heteroatoms. The number of hydrogen-bond donors (Lipinski definition) is 1. The summed E-state index contributed by atoms with van der Waals surface area (Å²) >= 11 is 1.64. The summed E-state index contributed by atoms with van der Waals surface area (Å²) < 4.78 is 15.0. The van der Waals surface area contributed by atoms with Gasteiger partial charge in [0.15, 0.2) is 0 Å². The van der Waals surface area contributed by atoms with Crippen molar-refractivity contribution in [2.75, 3.05) is 6.54 Å².